The van der Waals surface area contributed by atoms with Crippen LogP contribution in [0.1, 0.15) is 40.6 Å². The largest absolute Gasteiger partial charge is 0.492 e. The molecule has 38 heavy (non-hydrogen) atoms. The molecule has 1 amide bonds. The third kappa shape index (κ3) is 6.20. The SMILES string of the molecule is CN(C)CCOc1ccc(N2CCCC2c2csc(NC(=O)c3cccn3Cc3ccnc(F)c3)n2)cc1. The van der Waals surface area contributed by atoms with Gasteiger partial charge < -0.3 is 19.1 Å². The van der Waals surface area contributed by atoms with Crippen molar-refractivity contribution >= 4 is 28.1 Å². The molecular weight excluding hydrogens is 503 g/mol. The van der Waals surface area contributed by atoms with Gasteiger partial charge in [0.1, 0.15) is 18.1 Å². The number of hydrogen-bond acceptors (Lipinski definition) is 7. The van der Waals surface area contributed by atoms with Crippen LogP contribution >= 0.6 is 11.3 Å². The number of thiazole rings is 1. The van der Waals surface area contributed by atoms with Crippen molar-refractivity contribution in [2.75, 3.05) is 44.0 Å². The number of hydrogen-bond donors (Lipinski definition) is 1. The highest BCUT2D eigenvalue weighted by Gasteiger charge is 2.28. The predicted molar refractivity (Wildman–Crippen MR) is 148 cm³/mol. The first-order valence-electron chi connectivity index (χ1n) is 12.6. The quantitative estimate of drug-likeness (QED) is 0.287. The predicted octanol–water partition coefficient (Wildman–Crippen LogP) is 5.06. The lowest BCUT2D eigenvalue weighted by molar-refractivity contribution is 0.101. The fourth-order valence-electron chi connectivity index (χ4n) is 4.62. The third-order valence-electron chi connectivity index (χ3n) is 6.52. The van der Waals surface area contributed by atoms with E-state index in [1.807, 2.05) is 31.6 Å². The summed E-state index contributed by atoms with van der Waals surface area (Å²) in [6, 6.07) is 15.0. The van der Waals surface area contributed by atoms with Crippen molar-refractivity contribution in [1.29, 1.82) is 0 Å². The number of amides is 1. The molecule has 1 unspecified atom stereocenters. The zero-order chi connectivity index (χ0) is 26.5. The van der Waals surface area contributed by atoms with Gasteiger partial charge in [-0.15, -0.1) is 11.3 Å². The smallest absolute Gasteiger partial charge is 0.274 e. The van der Waals surface area contributed by atoms with E-state index in [0.717, 1.165) is 48.6 Å². The lowest BCUT2D eigenvalue weighted by atomic mass is 10.1. The number of nitrogens with one attached hydrogen (secondary N) is 1. The van der Waals surface area contributed by atoms with Gasteiger partial charge in [0.25, 0.3) is 5.91 Å². The molecule has 3 aromatic heterocycles. The Hall–Kier alpha value is -3.76. The van der Waals surface area contributed by atoms with Crippen molar-refractivity contribution in [1.82, 2.24) is 19.4 Å². The highest BCUT2D eigenvalue weighted by Crippen LogP contribution is 2.37. The molecule has 8 nitrogen and oxygen atoms in total. The molecule has 1 atom stereocenters. The minimum Gasteiger partial charge on any atom is -0.492 e. The van der Waals surface area contributed by atoms with Gasteiger partial charge in [-0.25, -0.2) is 9.97 Å². The molecule has 198 valence electrons. The number of aromatic nitrogens is 3. The van der Waals surface area contributed by atoms with Crippen LogP contribution in [0.2, 0.25) is 0 Å². The fourth-order valence-corrected chi connectivity index (χ4v) is 5.37. The molecular formula is C28H31FN6O2S. The summed E-state index contributed by atoms with van der Waals surface area (Å²) in [6.07, 6.45) is 5.30. The van der Waals surface area contributed by atoms with Crippen molar-refractivity contribution < 1.29 is 13.9 Å². The van der Waals surface area contributed by atoms with Crippen molar-refractivity contribution in [3.05, 3.63) is 89.2 Å². The van der Waals surface area contributed by atoms with Gasteiger partial charge in [0.2, 0.25) is 5.95 Å². The lowest BCUT2D eigenvalue weighted by Gasteiger charge is -2.25. The number of carbonyl (C=O) groups is 1. The maximum atomic E-state index is 13.5. The van der Waals surface area contributed by atoms with Gasteiger partial charge in [-0.3, -0.25) is 10.1 Å². The summed E-state index contributed by atoms with van der Waals surface area (Å²) in [5.74, 6) is 0.0728. The molecule has 0 spiro atoms. The monoisotopic (exact) mass is 534 g/mol. The fraction of sp³-hybridized carbons (Fsp3) is 0.321. The molecule has 4 heterocycles. The van der Waals surface area contributed by atoms with E-state index in [1.165, 1.54) is 23.6 Å². The minimum atomic E-state index is -0.541. The molecule has 1 aliphatic heterocycles. The first kappa shape index (κ1) is 25.9. The van der Waals surface area contributed by atoms with Gasteiger partial charge >= 0.3 is 0 Å². The highest BCUT2D eigenvalue weighted by molar-refractivity contribution is 7.14. The number of rotatable bonds is 10. The van der Waals surface area contributed by atoms with E-state index < -0.39 is 5.95 Å². The van der Waals surface area contributed by atoms with Crippen molar-refractivity contribution in [3.63, 3.8) is 0 Å². The first-order chi connectivity index (χ1) is 18.5. The summed E-state index contributed by atoms with van der Waals surface area (Å²) < 4.78 is 21.1. The molecule has 1 N–H and O–H groups in total. The van der Waals surface area contributed by atoms with Gasteiger partial charge in [-0.2, -0.15) is 4.39 Å². The Balaban J connectivity index is 1.22. The maximum Gasteiger partial charge on any atom is 0.274 e. The minimum absolute atomic E-state index is 0.155. The van der Waals surface area contributed by atoms with Crippen molar-refractivity contribution in [3.8, 4) is 5.75 Å². The molecule has 0 saturated carbocycles. The number of anilines is 2. The van der Waals surface area contributed by atoms with Crippen molar-refractivity contribution in [2.24, 2.45) is 0 Å². The zero-order valence-electron chi connectivity index (χ0n) is 21.5. The van der Waals surface area contributed by atoms with Gasteiger partial charge in [-0.05, 0) is 81.0 Å². The number of ether oxygens (including phenoxy) is 1. The third-order valence-corrected chi connectivity index (χ3v) is 7.29. The molecule has 1 aromatic carbocycles. The number of pyridine rings is 1. The van der Waals surface area contributed by atoms with Crippen LogP contribution in [0.5, 0.6) is 5.75 Å². The molecule has 4 aromatic rings. The van der Waals surface area contributed by atoms with Crippen LogP contribution in [0.4, 0.5) is 15.2 Å². The highest BCUT2D eigenvalue weighted by atomic mass is 32.1. The number of carbonyl (C=O) groups excluding carboxylic acids is 1. The van der Waals surface area contributed by atoms with Crippen molar-refractivity contribution in [2.45, 2.75) is 25.4 Å². The molecule has 10 heteroatoms. The summed E-state index contributed by atoms with van der Waals surface area (Å²) in [4.78, 5) is 25.9. The van der Waals surface area contributed by atoms with E-state index in [1.54, 1.807) is 29.0 Å². The van der Waals surface area contributed by atoms with Crippen LogP contribution < -0.4 is 15.0 Å². The van der Waals surface area contributed by atoms with Gasteiger partial charge in [0.15, 0.2) is 5.13 Å². The Morgan fingerprint density at radius 2 is 2.08 bits per heavy atom. The molecule has 1 fully saturated rings. The standard InChI is InChI=1S/C28H31FN6O2S/c1-33(2)15-16-37-22-9-7-21(8-10-22)35-14-4-5-24(35)23-19-38-28(31-23)32-27(36)25-6-3-13-34(25)18-20-11-12-30-26(29)17-20/h3,6-13,17,19,24H,4-5,14-16,18H2,1-2H3,(H,31,32,36). The molecule has 0 bridgehead atoms. The van der Waals surface area contributed by atoms with E-state index in [9.17, 15) is 9.18 Å². The normalized spacial score (nSPS) is 15.3. The summed E-state index contributed by atoms with van der Waals surface area (Å²) in [7, 11) is 4.06. The van der Waals surface area contributed by atoms with E-state index in [-0.39, 0.29) is 11.9 Å². The summed E-state index contributed by atoms with van der Waals surface area (Å²) in [5.41, 5.74) is 3.30. The summed E-state index contributed by atoms with van der Waals surface area (Å²) in [5, 5.41) is 5.52. The second-order valence-corrected chi connectivity index (χ2v) is 10.4. The Labute approximate surface area is 225 Å². The van der Waals surface area contributed by atoms with Crippen LogP contribution in [-0.4, -0.2) is 59.1 Å². The Morgan fingerprint density at radius 1 is 1.24 bits per heavy atom. The molecule has 1 aliphatic rings. The molecule has 1 saturated heterocycles. The average Bonchev–Trinajstić information content (AvgIpc) is 3.65. The van der Waals surface area contributed by atoms with Crippen LogP contribution in [0.25, 0.3) is 0 Å². The van der Waals surface area contributed by atoms with Crippen LogP contribution in [0, 0.1) is 5.95 Å². The van der Waals surface area contributed by atoms with Crippen LogP contribution in [0.3, 0.4) is 0 Å². The Kier molecular flexibility index (Phi) is 8.00. The van der Waals surface area contributed by atoms with Gasteiger partial charge in [0.05, 0.1) is 11.7 Å². The zero-order valence-corrected chi connectivity index (χ0v) is 22.3. The van der Waals surface area contributed by atoms with Crippen LogP contribution in [-0.2, 0) is 6.54 Å². The number of halogens is 1. The number of benzene rings is 1. The van der Waals surface area contributed by atoms with Gasteiger partial charge in [-0.1, -0.05) is 0 Å². The lowest BCUT2D eigenvalue weighted by Crippen LogP contribution is -2.23. The van der Waals surface area contributed by atoms with E-state index >= 15 is 0 Å². The average molecular weight is 535 g/mol. The molecule has 0 aliphatic carbocycles. The topological polar surface area (TPSA) is 75.5 Å². The van der Waals surface area contributed by atoms with Crippen LogP contribution in [0.15, 0.2) is 66.3 Å². The number of nitrogens with zero attached hydrogens (tertiary/aromatic N) is 5. The number of likely N-dealkylation sites (N-methyl/N-ethyl adjacent to an activating group) is 1. The van der Waals surface area contributed by atoms with E-state index in [4.69, 9.17) is 9.72 Å². The summed E-state index contributed by atoms with van der Waals surface area (Å²) >= 11 is 1.42. The van der Waals surface area contributed by atoms with E-state index in [0.29, 0.717) is 24.0 Å². The maximum absolute atomic E-state index is 13.5. The Bertz CT molecular complexity index is 1370. The second-order valence-electron chi connectivity index (χ2n) is 9.54. The van der Waals surface area contributed by atoms with E-state index in [2.05, 4.69) is 32.2 Å². The Morgan fingerprint density at radius 3 is 2.87 bits per heavy atom. The van der Waals surface area contributed by atoms with Gasteiger partial charge in [0, 0.05) is 43.1 Å². The molecule has 5 rings (SSSR count). The summed E-state index contributed by atoms with van der Waals surface area (Å²) in [6.45, 7) is 2.84. The second kappa shape index (κ2) is 11.7. The first-order valence-corrected chi connectivity index (χ1v) is 13.5. The molecule has 0 radical (unpaired) electrons.